The lowest BCUT2D eigenvalue weighted by atomic mass is 10.3. The molecule has 2 heterocycles. The van der Waals surface area contributed by atoms with Gasteiger partial charge in [-0.3, -0.25) is 0 Å². The lowest BCUT2D eigenvalue weighted by Gasteiger charge is -2.19. The molecule has 0 aliphatic carbocycles. The first kappa shape index (κ1) is 15.7. The predicted molar refractivity (Wildman–Crippen MR) is 85.9 cm³/mol. The van der Waals surface area contributed by atoms with Gasteiger partial charge in [-0.25, -0.2) is 15.0 Å². The second kappa shape index (κ2) is 7.33. The van der Waals surface area contributed by atoms with Crippen LogP contribution in [0.3, 0.4) is 0 Å². The first-order valence-electron chi connectivity index (χ1n) is 6.87. The molecule has 0 atom stereocenters. The van der Waals surface area contributed by atoms with Crippen molar-refractivity contribution in [3.63, 3.8) is 0 Å². The number of hydrogen-bond acceptors (Lipinski definition) is 7. The molecular weight excluding hydrogens is 286 g/mol. The minimum Gasteiger partial charge on any atom is -0.374 e. The Bertz CT molecular complexity index is 586. The molecule has 1 N–H and O–H groups in total. The summed E-state index contributed by atoms with van der Waals surface area (Å²) in [4.78, 5) is 16.6. The van der Waals surface area contributed by atoms with E-state index in [-0.39, 0.29) is 0 Å². The highest BCUT2D eigenvalue weighted by atomic mass is 32.1. The molecule has 0 saturated heterocycles. The van der Waals surface area contributed by atoms with Crippen LogP contribution in [0.4, 0.5) is 11.6 Å². The SMILES string of the molecule is CCOCc1nc(NC)cc(N(C)Cc2scnc2C)n1. The van der Waals surface area contributed by atoms with Gasteiger partial charge < -0.3 is 15.0 Å². The Morgan fingerprint density at radius 3 is 2.81 bits per heavy atom. The summed E-state index contributed by atoms with van der Waals surface area (Å²) in [5, 5.41) is 3.07. The smallest absolute Gasteiger partial charge is 0.158 e. The van der Waals surface area contributed by atoms with Gasteiger partial charge in [0.1, 0.15) is 18.2 Å². The number of aryl methyl sites for hydroxylation is 1. The lowest BCUT2D eigenvalue weighted by Crippen LogP contribution is -2.19. The number of nitrogens with one attached hydrogen (secondary N) is 1. The topological polar surface area (TPSA) is 63.2 Å². The molecule has 0 radical (unpaired) electrons. The molecule has 0 spiro atoms. The second-order valence-electron chi connectivity index (χ2n) is 4.63. The van der Waals surface area contributed by atoms with E-state index >= 15 is 0 Å². The molecule has 6 nitrogen and oxygen atoms in total. The van der Waals surface area contributed by atoms with Crippen LogP contribution in [0.15, 0.2) is 11.6 Å². The predicted octanol–water partition coefficient (Wildman–Crippen LogP) is 2.46. The monoisotopic (exact) mass is 307 g/mol. The van der Waals surface area contributed by atoms with Crippen LogP contribution in [0, 0.1) is 6.92 Å². The Balaban J connectivity index is 2.18. The Labute approximate surface area is 129 Å². The van der Waals surface area contributed by atoms with Gasteiger partial charge in [0.15, 0.2) is 5.82 Å². The zero-order valence-electron chi connectivity index (χ0n) is 12.9. The van der Waals surface area contributed by atoms with E-state index in [1.54, 1.807) is 11.3 Å². The van der Waals surface area contributed by atoms with Gasteiger partial charge in [-0.15, -0.1) is 11.3 Å². The highest BCUT2D eigenvalue weighted by Gasteiger charge is 2.11. The van der Waals surface area contributed by atoms with Crippen molar-refractivity contribution in [1.29, 1.82) is 0 Å². The minimum absolute atomic E-state index is 0.423. The zero-order valence-corrected chi connectivity index (χ0v) is 13.7. The summed E-state index contributed by atoms with van der Waals surface area (Å²) in [7, 11) is 3.87. The van der Waals surface area contributed by atoms with Crippen molar-refractivity contribution in [3.8, 4) is 0 Å². The minimum atomic E-state index is 0.423. The Morgan fingerprint density at radius 2 is 2.19 bits per heavy atom. The van der Waals surface area contributed by atoms with E-state index in [9.17, 15) is 0 Å². The molecular formula is C14H21N5OS. The van der Waals surface area contributed by atoms with E-state index in [1.807, 2.05) is 39.5 Å². The zero-order chi connectivity index (χ0) is 15.2. The third-order valence-corrected chi connectivity index (χ3v) is 3.99. The Morgan fingerprint density at radius 1 is 1.38 bits per heavy atom. The molecule has 0 unspecified atom stereocenters. The van der Waals surface area contributed by atoms with Gasteiger partial charge in [0, 0.05) is 31.6 Å². The summed E-state index contributed by atoms with van der Waals surface area (Å²) in [5.74, 6) is 2.35. The maximum Gasteiger partial charge on any atom is 0.158 e. The first-order chi connectivity index (χ1) is 10.1. The van der Waals surface area contributed by atoms with Crippen LogP contribution in [0.1, 0.15) is 23.3 Å². The van der Waals surface area contributed by atoms with Crippen molar-refractivity contribution in [2.75, 3.05) is 30.9 Å². The average Bonchev–Trinajstić information content (AvgIpc) is 2.90. The largest absolute Gasteiger partial charge is 0.374 e. The molecule has 2 rings (SSSR count). The molecule has 2 aromatic rings. The van der Waals surface area contributed by atoms with Crippen molar-refractivity contribution < 1.29 is 4.74 Å². The van der Waals surface area contributed by atoms with E-state index in [2.05, 4.69) is 25.2 Å². The lowest BCUT2D eigenvalue weighted by molar-refractivity contribution is 0.128. The maximum atomic E-state index is 5.40. The molecule has 7 heteroatoms. The maximum absolute atomic E-state index is 5.40. The standard InChI is InChI=1S/C14H21N5OS/c1-5-20-8-13-17-12(15-3)6-14(18-13)19(4)7-11-10(2)16-9-21-11/h6,9H,5,7-8H2,1-4H3,(H,15,17,18). The first-order valence-corrected chi connectivity index (χ1v) is 7.75. The van der Waals surface area contributed by atoms with Crippen molar-refractivity contribution in [3.05, 3.63) is 28.0 Å². The average molecular weight is 307 g/mol. The van der Waals surface area contributed by atoms with Crippen LogP contribution >= 0.6 is 11.3 Å². The van der Waals surface area contributed by atoms with Gasteiger partial charge in [-0.2, -0.15) is 0 Å². The van der Waals surface area contributed by atoms with E-state index in [4.69, 9.17) is 4.74 Å². The third-order valence-electron chi connectivity index (χ3n) is 3.07. The number of aromatic nitrogens is 3. The summed E-state index contributed by atoms with van der Waals surface area (Å²) >= 11 is 1.66. The fourth-order valence-electron chi connectivity index (χ4n) is 1.84. The molecule has 0 amide bonds. The molecule has 114 valence electrons. The van der Waals surface area contributed by atoms with Crippen LogP contribution in [-0.2, 0) is 17.9 Å². The molecule has 0 fully saturated rings. The van der Waals surface area contributed by atoms with E-state index < -0.39 is 0 Å². The van der Waals surface area contributed by atoms with Crippen molar-refractivity contribution in [1.82, 2.24) is 15.0 Å². The quantitative estimate of drug-likeness (QED) is 0.848. The fourth-order valence-corrected chi connectivity index (χ4v) is 2.67. The molecule has 0 aromatic carbocycles. The number of ether oxygens (including phenoxy) is 1. The molecule has 0 bridgehead atoms. The number of nitrogens with zero attached hydrogens (tertiary/aromatic N) is 4. The summed E-state index contributed by atoms with van der Waals surface area (Å²) in [5.41, 5.74) is 2.95. The second-order valence-corrected chi connectivity index (χ2v) is 5.57. The van der Waals surface area contributed by atoms with E-state index in [0.717, 1.165) is 23.9 Å². The number of anilines is 2. The number of thiazole rings is 1. The molecule has 0 saturated carbocycles. The van der Waals surface area contributed by atoms with Gasteiger partial charge in [0.2, 0.25) is 0 Å². The number of hydrogen-bond donors (Lipinski definition) is 1. The Hall–Kier alpha value is -1.73. The third kappa shape index (κ3) is 4.12. The molecule has 0 aliphatic rings. The molecule has 21 heavy (non-hydrogen) atoms. The van der Waals surface area contributed by atoms with Crippen molar-refractivity contribution in [2.45, 2.75) is 27.0 Å². The van der Waals surface area contributed by atoms with Crippen LogP contribution in [0.25, 0.3) is 0 Å². The molecule has 0 aliphatic heterocycles. The summed E-state index contributed by atoms with van der Waals surface area (Å²) < 4.78 is 5.40. The van der Waals surface area contributed by atoms with Crippen LogP contribution < -0.4 is 10.2 Å². The van der Waals surface area contributed by atoms with Gasteiger partial charge >= 0.3 is 0 Å². The van der Waals surface area contributed by atoms with Gasteiger partial charge in [-0.1, -0.05) is 0 Å². The van der Waals surface area contributed by atoms with Crippen molar-refractivity contribution in [2.24, 2.45) is 0 Å². The van der Waals surface area contributed by atoms with Crippen LogP contribution in [-0.4, -0.2) is 35.7 Å². The van der Waals surface area contributed by atoms with Crippen LogP contribution in [0.2, 0.25) is 0 Å². The summed E-state index contributed by atoms with van der Waals surface area (Å²) in [6.07, 6.45) is 0. The van der Waals surface area contributed by atoms with Crippen LogP contribution in [0.5, 0.6) is 0 Å². The van der Waals surface area contributed by atoms with Crippen molar-refractivity contribution >= 4 is 23.0 Å². The van der Waals surface area contributed by atoms with Gasteiger partial charge in [0.05, 0.1) is 17.7 Å². The highest BCUT2D eigenvalue weighted by Crippen LogP contribution is 2.20. The van der Waals surface area contributed by atoms with Gasteiger partial charge in [-0.05, 0) is 13.8 Å². The van der Waals surface area contributed by atoms with E-state index in [0.29, 0.717) is 19.0 Å². The summed E-state index contributed by atoms with van der Waals surface area (Å²) in [6.45, 7) is 5.84. The molecule has 2 aromatic heterocycles. The highest BCUT2D eigenvalue weighted by molar-refractivity contribution is 7.09. The Kier molecular flexibility index (Phi) is 5.46. The normalized spacial score (nSPS) is 10.7. The van der Waals surface area contributed by atoms with Gasteiger partial charge in [0.25, 0.3) is 0 Å². The summed E-state index contributed by atoms with van der Waals surface area (Å²) in [6, 6.07) is 1.94. The number of rotatable bonds is 7. The fraction of sp³-hybridized carbons (Fsp3) is 0.500. The van der Waals surface area contributed by atoms with E-state index in [1.165, 1.54) is 4.88 Å².